The second-order valence-electron chi connectivity index (χ2n) is 4.50. The summed E-state index contributed by atoms with van der Waals surface area (Å²) in [4.78, 5) is 6.60. The zero-order chi connectivity index (χ0) is 12.1. The van der Waals surface area contributed by atoms with Gasteiger partial charge in [-0.05, 0) is 30.4 Å². The molecule has 0 unspecified atom stereocenters. The maximum absolute atomic E-state index is 6.01. The third kappa shape index (κ3) is 2.99. The molecule has 17 heavy (non-hydrogen) atoms. The molecule has 2 rings (SSSR count). The van der Waals surface area contributed by atoms with Crippen molar-refractivity contribution < 1.29 is 0 Å². The smallest absolute Gasteiger partial charge is 0.191 e. The van der Waals surface area contributed by atoms with Crippen LogP contribution in [0.5, 0.6) is 0 Å². The zero-order valence-corrected chi connectivity index (χ0v) is 10.5. The molecule has 0 spiro atoms. The first kappa shape index (κ1) is 12.0. The van der Waals surface area contributed by atoms with Gasteiger partial charge >= 0.3 is 0 Å². The molecule has 0 aliphatic carbocycles. The van der Waals surface area contributed by atoms with E-state index in [4.69, 9.17) is 5.73 Å². The Hall–Kier alpha value is -1.51. The van der Waals surface area contributed by atoms with E-state index in [-0.39, 0.29) is 0 Å². The summed E-state index contributed by atoms with van der Waals surface area (Å²) in [7, 11) is 0. The summed E-state index contributed by atoms with van der Waals surface area (Å²) in [6.07, 6.45) is 3.19. The average molecular weight is 231 g/mol. The van der Waals surface area contributed by atoms with Gasteiger partial charge in [-0.3, -0.25) is 4.99 Å². The molecule has 0 amide bonds. The number of guanidine groups is 1. The van der Waals surface area contributed by atoms with Gasteiger partial charge in [-0.25, -0.2) is 0 Å². The van der Waals surface area contributed by atoms with Crippen molar-refractivity contribution in [3.63, 3.8) is 0 Å². The van der Waals surface area contributed by atoms with Crippen LogP contribution in [0.15, 0.2) is 29.3 Å². The van der Waals surface area contributed by atoms with E-state index < -0.39 is 0 Å². The summed E-state index contributed by atoms with van der Waals surface area (Å²) in [6, 6.07) is 8.67. The molecule has 1 aliphatic rings. The topological polar surface area (TPSA) is 41.6 Å². The Labute approximate surface area is 103 Å². The fourth-order valence-electron chi connectivity index (χ4n) is 2.22. The van der Waals surface area contributed by atoms with E-state index in [0.717, 1.165) is 38.9 Å². The molecule has 3 heteroatoms. The lowest BCUT2D eigenvalue weighted by Gasteiger charge is -2.21. The van der Waals surface area contributed by atoms with Crippen molar-refractivity contribution in [3.8, 4) is 0 Å². The van der Waals surface area contributed by atoms with Crippen LogP contribution in [0.1, 0.15) is 24.5 Å². The Bertz CT molecular complexity index is 371. The summed E-state index contributed by atoms with van der Waals surface area (Å²) < 4.78 is 0. The van der Waals surface area contributed by atoms with Gasteiger partial charge in [0.1, 0.15) is 0 Å². The minimum atomic E-state index is 0.708. The lowest BCUT2D eigenvalue weighted by molar-refractivity contribution is 0.432. The zero-order valence-electron chi connectivity index (χ0n) is 10.5. The lowest BCUT2D eigenvalue weighted by atomic mass is 10.0. The number of aliphatic imine (C=N–C) groups is 1. The Kier molecular flexibility index (Phi) is 4.02. The third-order valence-electron chi connectivity index (χ3n) is 3.24. The van der Waals surface area contributed by atoms with Gasteiger partial charge < -0.3 is 10.6 Å². The molecule has 2 N–H and O–H groups in total. The molecule has 0 fully saturated rings. The molecule has 1 aromatic carbocycles. The highest BCUT2D eigenvalue weighted by Gasteiger charge is 2.14. The Morgan fingerprint density at radius 3 is 2.35 bits per heavy atom. The summed E-state index contributed by atoms with van der Waals surface area (Å²) in [5.41, 5.74) is 8.93. The summed E-state index contributed by atoms with van der Waals surface area (Å²) in [5, 5.41) is 0. The minimum absolute atomic E-state index is 0.708. The maximum atomic E-state index is 6.01. The lowest BCUT2D eigenvalue weighted by Crippen LogP contribution is -2.39. The van der Waals surface area contributed by atoms with Crippen LogP contribution < -0.4 is 5.73 Å². The van der Waals surface area contributed by atoms with Gasteiger partial charge in [0.05, 0.1) is 0 Å². The summed E-state index contributed by atoms with van der Waals surface area (Å²) in [6.45, 7) is 4.91. The molecule has 1 aliphatic heterocycles. The van der Waals surface area contributed by atoms with Crippen molar-refractivity contribution in [2.24, 2.45) is 10.7 Å². The van der Waals surface area contributed by atoms with E-state index in [1.54, 1.807) is 0 Å². The molecule has 0 bridgehead atoms. The number of hydrogen-bond acceptors (Lipinski definition) is 1. The predicted molar refractivity (Wildman–Crippen MR) is 72.2 cm³/mol. The number of nitrogens with two attached hydrogens (primary N) is 1. The molecule has 0 aromatic heterocycles. The first-order valence-corrected chi connectivity index (χ1v) is 6.43. The highest BCUT2D eigenvalue weighted by molar-refractivity contribution is 5.78. The van der Waals surface area contributed by atoms with Crippen LogP contribution in [0.4, 0.5) is 0 Å². The van der Waals surface area contributed by atoms with E-state index in [2.05, 4.69) is 41.1 Å². The second-order valence-corrected chi connectivity index (χ2v) is 4.50. The highest BCUT2D eigenvalue weighted by Crippen LogP contribution is 2.15. The molecule has 1 heterocycles. The van der Waals surface area contributed by atoms with E-state index >= 15 is 0 Å². The van der Waals surface area contributed by atoms with E-state index in [1.165, 1.54) is 11.1 Å². The number of benzene rings is 1. The number of nitrogens with zero attached hydrogens (tertiary/aromatic N) is 2. The Balaban J connectivity index is 2.04. The van der Waals surface area contributed by atoms with Gasteiger partial charge in [-0.15, -0.1) is 0 Å². The first-order valence-electron chi connectivity index (χ1n) is 6.43. The fraction of sp³-hybridized carbons (Fsp3) is 0.500. The number of hydrogen-bond donors (Lipinski definition) is 1. The van der Waals surface area contributed by atoms with Gasteiger partial charge in [0.15, 0.2) is 5.96 Å². The van der Waals surface area contributed by atoms with E-state index in [9.17, 15) is 0 Å². The van der Waals surface area contributed by atoms with Crippen molar-refractivity contribution >= 4 is 5.96 Å². The molecule has 0 saturated carbocycles. The minimum Gasteiger partial charge on any atom is -0.370 e. The van der Waals surface area contributed by atoms with Crippen molar-refractivity contribution in [3.05, 3.63) is 35.4 Å². The normalized spacial score (nSPS) is 16.5. The van der Waals surface area contributed by atoms with Crippen molar-refractivity contribution in [2.45, 2.75) is 26.2 Å². The SMILES string of the molecule is CCCN=C(N)N1CCc2ccccc2CC1. The molecule has 3 nitrogen and oxygen atoms in total. The quantitative estimate of drug-likeness (QED) is 0.623. The standard InChI is InChI=1S/C14H21N3/c1-2-9-16-14(15)17-10-7-12-5-3-4-6-13(12)8-11-17/h3-6H,2,7-11H2,1H3,(H2,15,16). The summed E-state index contributed by atoms with van der Waals surface area (Å²) >= 11 is 0. The van der Waals surface area contributed by atoms with Crippen LogP contribution in [0.2, 0.25) is 0 Å². The van der Waals surface area contributed by atoms with Crippen LogP contribution in [0, 0.1) is 0 Å². The van der Waals surface area contributed by atoms with Crippen LogP contribution in [-0.2, 0) is 12.8 Å². The highest BCUT2D eigenvalue weighted by atomic mass is 15.2. The van der Waals surface area contributed by atoms with E-state index in [0.29, 0.717) is 5.96 Å². The fourth-order valence-corrected chi connectivity index (χ4v) is 2.22. The van der Waals surface area contributed by atoms with Crippen LogP contribution in [0.25, 0.3) is 0 Å². The molecule has 0 atom stereocenters. The maximum Gasteiger partial charge on any atom is 0.191 e. The van der Waals surface area contributed by atoms with Crippen molar-refractivity contribution in [1.82, 2.24) is 4.90 Å². The third-order valence-corrected chi connectivity index (χ3v) is 3.24. The average Bonchev–Trinajstić information content (AvgIpc) is 2.58. The van der Waals surface area contributed by atoms with Crippen LogP contribution >= 0.6 is 0 Å². The van der Waals surface area contributed by atoms with Gasteiger partial charge in [-0.1, -0.05) is 31.2 Å². The van der Waals surface area contributed by atoms with Crippen LogP contribution in [0.3, 0.4) is 0 Å². The van der Waals surface area contributed by atoms with Gasteiger partial charge in [0.2, 0.25) is 0 Å². The molecular weight excluding hydrogens is 210 g/mol. The molecule has 92 valence electrons. The van der Waals surface area contributed by atoms with Crippen molar-refractivity contribution in [2.75, 3.05) is 19.6 Å². The molecular formula is C14H21N3. The van der Waals surface area contributed by atoms with E-state index in [1.807, 2.05) is 0 Å². The van der Waals surface area contributed by atoms with Gasteiger partial charge in [0.25, 0.3) is 0 Å². The monoisotopic (exact) mass is 231 g/mol. The largest absolute Gasteiger partial charge is 0.370 e. The Morgan fingerprint density at radius 1 is 1.24 bits per heavy atom. The molecule has 1 aromatic rings. The van der Waals surface area contributed by atoms with Crippen LogP contribution in [-0.4, -0.2) is 30.5 Å². The molecule has 0 radical (unpaired) electrons. The van der Waals surface area contributed by atoms with Gasteiger partial charge in [0, 0.05) is 19.6 Å². The predicted octanol–water partition coefficient (Wildman–Crippen LogP) is 1.81. The van der Waals surface area contributed by atoms with Crippen molar-refractivity contribution in [1.29, 1.82) is 0 Å². The number of fused-ring (bicyclic) bond motifs is 1. The van der Waals surface area contributed by atoms with Gasteiger partial charge in [-0.2, -0.15) is 0 Å². The summed E-state index contributed by atoms with van der Waals surface area (Å²) in [5.74, 6) is 0.708. The number of rotatable bonds is 2. The first-order chi connectivity index (χ1) is 8.31. The second kappa shape index (κ2) is 5.71. The molecule has 0 saturated heterocycles. The Morgan fingerprint density at radius 2 is 1.82 bits per heavy atom.